The molecule has 61 heavy (non-hydrogen) atoms. The highest BCUT2D eigenvalue weighted by molar-refractivity contribution is 7.45. The Morgan fingerprint density at radius 1 is 0.492 bits per heavy atom. The van der Waals surface area contributed by atoms with Gasteiger partial charge < -0.3 is 27.9 Å². The number of carbonyl (C=O) groups excluding carboxylic acids is 1. The number of esters is 1. The predicted molar refractivity (Wildman–Crippen MR) is 259 cm³/mol. The van der Waals surface area contributed by atoms with E-state index in [1.165, 1.54) is 205 Å². The zero-order chi connectivity index (χ0) is 44.8. The van der Waals surface area contributed by atoms with Crippen LogP contribution in [0.15, 0.2) is 12.2 Å². The van der Waals surface area contributed by atoms with E-state index in [-0.39, 0.29) is 25.8 Å². The highest BCUT2D eigenvalue weighted by Gasteiger charge is 2.20. The number of carbonyl (C=O) groups is 1. The van der Waals surface area contributed by atoms with Crippen LogP contribution >= 0.6 is 7.82 Å². The zero-order valence-electron chi connectivity index (χ0n) is 41.4. The van der Waals surface area contributed by atoms with Gasteiger partial charge in [-0.05, 0) is 38.5 Å². The molecular weight excluding hydrogens is 782 g/mol. The number of nitrogens with zero attached hydrogens (tertiary/aromatic N) is 1. The first-order valence-corrected chi connectivity index (χ1v) is 27.9. The van der Waals surface area contributed by atoms with Crippen molar-refractivity contribution >= 4 is 13.8 Å². The largest absolute Gasteiger partial charge is 0.756 e. The van der Waals surface area contributed by atoms with Crippen molar-refractivity contribution in [1.29, 1.82) is 0 Å². The normalized spacial score (nSPS) is 13.6. The van der Waals surface area contributed by atoms with E-state index in [9.17, 15) is 14.3 Å². The van der Waals surface area contributed by atoms with Gasteiger partial charge in [-0.1, -0.05) is 225 Å². The van der Waals surface area contributed by atoms with Gasteiger partial charge in [0.25, 0.3) is 7.82 Å². The second-order valence-corrected chi connectivity index (χ2v) is 20.7. The standard InChI is InChI=1S/C52H104NO7P/c1-6-8-10-12-14-16-18-20-22-23-24-25-26-27-28-29-30-31-32-33-35-37-39-41-43-45-52(54)60-51(50-59-61(55,56)58-48-46-53(3,4)5)49-57-47-44-42-40-38-36-34-21-19-17-15-13-11-9-7-2/h23-24,51H,6-22,25-50H2,1-5H3/b24-23-. The van der Waals surface area contributed by atoms with Gasteiger partial charge in [0, 0.05) is 13.0 Å². The summed E-state index contributed by atoms with van der Waals surface area (Å²) in [6, 6.07) is 0. The van der Waals surface area contributed by atoms with Crippen molar-refractivity contribution in [2.45, 2.75) is 264 Å². The molecule has 0 N–H and O–H groups in total. The number of likely N-dealkylation sites (N-methyl/N-ethyl adjacent to an activating group) is 1. The molecule has 0 aromatic heterocycles. The Morgan fingerprint density at radius 3 is 1.25 bits per heavy atom. The van der Waals surface area contributed by atoms with Crippen molar-refractivity contribution < 1.29 is 37.3 Å². The first-order chi connectivity index (χ1) is 29.6. The number of phosphoric ester groups is 1. The van der Waals surface area contributed by atoms with Crippen molar-refractivity contribution in [3.63, 3.8) is 0 Å². The summed E-state index contributed by atoms with van der Waals surface area (Å²) in [7, 11) is 1.37. The smallest absolute Gasteiger partial charge is 0.306 e. The third-order valence-electron chi connectivity index (χ3n) is 11.8. The fourth-order valence-corrected chi connectivity index (χ4v) is 8.45. The van der Waals surface area contributed by atoms with Gasteiger partial charge in [-0.3, -0.25) is 9.36 Å². The molecular formula is C52H104NO7P. The molecule has 0 fully saturated rings. The number of unbranched alkanes of at least 4 members (excludes halogenated alkanes) is 34. The molecule has 364 valence electrons. The summed E-state index contributed by atoms with van der Waals surface area (Å²) in [6.45, 7) is 5.47. The molecule has 2 atom stereocenters. The van der Waals surface area contributed by atoms with Gasteiger partial charge in [0.1, 0.15) is 19.3 Å². The number of quaternary nitrogens is 1. The number of ether oxygens (including phenoxy) is 2. The molecule has 0 saturated heterocycles. The van der Waals surface area contributed by atoms with Gasteiger partial charge in [0.15, 0.2) is 0 Å². The predicted octanol–water partition coefficient (Wildman–Crippen LogP) is 15.5. The molecule has 0 rings (SSSR count). The van der Waals surface area contributed by atoms with E-state index >= 15 is 0 Å². The van der Waals surface area contributed by atoms with Crippen LogP contribution in [0.5, 0.6) is 0 Å². The average molecular weight is 886 g/mol. The summed E-state index contributed by atoms with van der Waals surface area (Å²) in [5, 5.41) is 0. The van der Waals surface area contributed by atoms with Crippen LogP contribution in [0.1, 0.15) is 258 Å². The molecule has 0 amide bonds. The molecule has 0 aromatic rings. The van der Waals surface area contributed by atoms with Gasteiger partial charge in [-0.15, -0.1) is 0 Å². The van der Waals surface area contributed by atoms with E-state index in [2.05, 4.69) is 26.0 Å². The minimum Gasteiger partial charge on any atom is -0.756 e. The van der Waals surface area contributed by atoms with Gasteiger partial charge in [0.2, 0.25) is 0 Å². The Labute approximate surface area is 380 Å². The summed E-state index contributed by atoms with van der Waals surface area (Å²) in [5.41, 5.74) is 0. The first-order valence-electron chi connectivity index (χ1n) is 26.4. The number of hydrogen-bond acceptors (Lipinski definition) is 7. The topological polar surface area (TPSA) is 94.1 Å². The lowest BCUT2D eigenvalue weighted by Gasteiger charge is -2.28. The summed E-state index contributed by atoms with van der Waals surface area (Å²) in [5.74, 6) is -0.328. The van der Waals surface area contributed by atoms with Gasteiger partial charge in [-0.25, -0.2) is 0 Å². The van der Waals surface area contributed by atoms with Crippen LogP contribution in [-0.2, 0) is 27.9 Å². The number of hydrogen-bond donors (Lipinski definition) is 0. The molecule has 0 heterocycles. The lowest BCUT2D eigenvalue weighted by atomic mass is 10.0. The summed E-state index contributed by atoms with van der Waals surface area (Å²) < 4.78 is 34.7. The Morgan fingerprint density at radius 2 is 0.852 bits per heavy atom. The van der Waals surface area contributed by atoms with E-state index in [1.54, 1.807) is 0 Å². The van der Waals surface area contributed by atoms with Crippen LogP contribution in [-0.4, -0.2) is 70.7 Å². The molecule has 0 aliphatic rings. The third kappa shape index (κ3) is 50.1. The van der Waals surface area contributed by atoms with Crippen LogP contribution in [0.25, 0.3) is 0 Å². The number of phosphoric acid groups is 1. The van der Waals surface area contributed by atoms with Crippen LogP contribution in [0.3, 0.4) is 0 Å². The Bertz CT molecular complexity index is 987. The fourth-order valence-electron chi connectivity index (χ4n) is 7.72. The molecule has 0 bridgehead atoms. The molecule has 0 aliphatic carbocycles. The van der Waals surface area contributed by atoms with Crippen molar-refractivity contribution in [2.75, 3.05) is 54.1 Å². The Hall–Kier alpha value is -0.760. The van der Waals surface area contributed by atoms with E-state index in [0.717, 1.165) is 32.1 Å². The minimum atomic E-state index is -4.52. The van der Waals surface area contributed by atoms with E-state index in [4.69, 9.17) is 18.5 Å². The third-order valence-corrected chi connectivity index (χ3v) is 12.8. The highest BCUT2D eigenvalue weighted by atomic mass is 31.2. The fraction of sp³-hybridized carbons (Fsp3) is 0.942. The van der Waals surface area contributed by atoms with Gasteiger partial charge >= 0.3 is 5.97 Å². The van der Waals surface area contributed by atoms with Gasteiger partial charge in [-0.2, -0.15) is 0 Å². The molecule has 8 nitrogen and oxygen atoms in total. The Kier molecular flexibility index (Phi) is 45.2. The monoisotopic (exact) mass is 886 g/mol. The second kappa shape index (κ2) is 45.8. The lowest BCUT2D eigenvalue weighted by Crippen LogP contribution is -2.37. The maximum atomic E-state index is 12.7. The van der Waals surface area contributed by atoms with E-state index in [0.29, 0.717) is 24.1 Å². The highest BCUT2D eigenvalue weighted by Crippen LogP contribution is 2.38. The maximum Gasteiger partial charge on any atom is 0.306 e. The Balaban J connectivity index is 4.03. The maximum absolute atomic E-state index is 12.7. The average Bonchev–Trinajstić information content (AvgIpc) is 3.22. The van der Waals surface area contributed by atoms with Crippen molar-refractivity contribution in [2.24, 2.45) is 0 Å². The zero-order valence-corrected chi connectivity index (χ0v) is 42.3. The summed E-state index contributed by atoms with van der Waals surface area (Å²) in [4.78, 5) is 25.2. The quantitative estimate of drug-likeness (QED) is 0.0197. The van der Waals surface area contributed by atoms with Crippen LogP contribution in [0.2, 0.25) is 0 Å². The van der Waals surface area contributed by atoms with Crippen LogP contribution in [0, 0.1) is 0 Å². The van der Waals surface area contributed by atoms with E-state index < -0.39 is 13.9 Å². The molecule has 0 aliphatic heterocycles. The number of rotatable bonds is 50. The SMILES string of the molecule is CCCCCCCCCC/C=C\CCCCCCCCCCCCCCCC(=O)OC(COCCCCCCCCCCCCCCCC)COP(=O)([O-])OCC[N+](C)(C)C. The molecule has 0 saturated carbocycles. The van der Waals surface area contributed by atoms with E-state index in [1.807, 2.05) is 21.1 Å². The molecule has 0 aromatic carbocycles. The van der Waals surface area contributed by atoms with Crippen LogP contribution in [0.4, 0.5) is 0 Å². The van der Waals surface area contributed by atoms with Gasteiger partial charge in [0.05, 0.1) is 34.4 Å². The lowest BCUT2D eigenvalue weighted by molar-refractivity contribution is -0.870. The molecule has 9 heteroatoms. The summed E-state index contributed by atoms with van der Waals surface area (Å²) in [6.07, 6.45) is 52.4. The molecule has 0 radical (unpaired) electrons. The van der Waals surface area contributed by atoms with Crippen molar-refractivity contribution in [1.82, 2.24) is 0 Å². The van der Waals surface area contributed by atoms with Crippen molar-refractivity contribution in [3.05, 3.63) is 12.2 Å². The molecule has 0 spiro atoms. The van der Waals surface area contributed by atoms with Crippen LogP contribution < -0.4 is 4.89 Å². The molecule has 2 unspecified atom stereocenters. The summed E-state index contributed by atoms with van der Waals surface area (Å²) >= 11 is 0. The number of allylic oxidation sites excluding steroid dienone is 2. The second-order valence-electron chi connectivity index (χ2n) is 19.2. The minimum absolute atomic E-state index is 0.0300. The van der Waals surface area contributed by atoms with Crippen molar-refractivity contribution in [3.8, 4) is 0 Å². The first kappa shape index (κ1) is 60.2.